The van der Waals surface area contributed by atoms with Gasteiger partial charge in [0.2, 0.25) is 0 Å². The van der Waals surface area contributed by atoms with E-state index in [1.54, 1.807) is 0 Å². The van der Waals surface area contributed by atoms with E-state index in [-0.39, 0.29) is 0 Å². The maximum Gasteiger partial charge on any atom is 0.164 e. The quantitative estimate of drug-likeness (QED) is 0.211. The Hall–Kier alpha value is -6.27. The van der Waals surface area contributed by atoms with E-state index < -0.39 is 0 Å². The topological polar surface area (TPSA) is 133 Å². The smallest absolute Gasteiger partial charge is 0.164 e. The molecule has 2 N–H and O–H groups in total. The number of nitrogens with zero attached hydrogens (tertiary/aromatic N) is 7. The highest BCUT2D eigenvalue weighted by Crippen LogP contribution is 2.36. The predicted molar refractivity (Wildman–Crippen MR) is 163 cm³/mol. The van der Waals surface area contributed by atoms with E-state index in [0.717, 1.165) is 43.8 Å². The van der Waals surface area contributed by atoms with Crippen molar-refractivity contribution in [3.63, 3.8) is 0 Å². The normalized spacial score (nSPS) is 11.5. The number of fused-ring (bicyclic) bond motifs is 20. The lowest BCUT2D eigenvalue weighted by atomic mass is 10.1. The fourth-order valence-corrected chi connectivity index (χ4v) is 5.59. The highest BCUT2D eigenvalue weighted by molar-refractivity contribution is 6.06. The van der Waals surface area contributed by atoms with Crippen LogP contribution in [0.25, 0.3) is 89.7 Å². The standard InChI is InChI=1S/C32H18N8.CHN/c1-2-10-18-17(9-1)25-33-26(18)38-28-21-13-5-6-14-22(21)30(35-28)40-32-24-16-8-7-15-23(24)31(36-32)39-29-20-12-4-3-11-19(20)27(34-29)37-25;1-2/h1-16H,(H2,33,34,35,36,37,38,39,40);1H. The summed E-state index contributed by atoms with van der Waals surface area (Å²) in [4.78, 5) is 36.8. The monoisotopic (exact) mass is 541 g/mol. The average Bonchev–Trinajstić information content (AvgIpc) is 3.78. The minimum atomic E-state index is 0.597. The summed E-state index contributed by atoms with van der Waals surface area (Å²) in [5.74, 6) is 2.39. The number of aromatic amines is 2. The molecular weight excluding hydrogens is 522 g/mol. The van der Waals surface area contributed by atoms with E-state index in [2.05, 4.69) is 16.5 Å². The van der Waals surface area contributed by atoms with Gasteiger partial charge in [0.25, 0.3) is 0 Å². The van der Waals surface area contributed by atoms with Crippen LogP contribution in [0.3, 0.4) is 0 Å². The maximum absolute atomic E-state index is 6.50. The third-order valence-electron chi connectivity index (χ3n) is 7.46. The molecule has 0 amide bonds. The summed E-state index contributed by atoms with van der Waals surface area (Å²) in [6.07, 6.45) is 0. The third-order valence-corrected chi connectivity index (χ3v) is 7.46. The number of nitriles is 1. The van der Waals surface area contributed by atoms with Gasteiger partial charge in [-0.05, 0) is 0 Å². The highest BCUT2D eigenvalue weighted by Gasteiger charge is 2.21. The molecule has 0 aliphatic carbocycles. The first-order valence-corrected chi connectivity index (χ1v) is 13.3. The Kier molecular flexibility index (Phi) is 5.14. The Morgan fingerprint density at radius 2 is 0.595 bits per heavy atom. The molecule has 9 nitrogen and oxygen atoms in total. The molecule has 3 aromatic heterocycles. The van der Waals surface area contributed by atoms with Crippen LogP contribution < -0.4 is 0 Å². The van der Waals surface area contributed by atoms with Crippen LogP contribution in [-0.4, -0.2) is 39.9 Å². The van der Waals surface area contributed by atoms with Crippen LogP contribution in [0.4, 0.5) is 0 Å². The molecule has 196 valence electrons. The van der Waals surface area contributed by atoms with Crippen molar-refractivity contribution in [3.8, 4) is 52.1 Å². The molecule has 0 atom stereocenters. The lowest BCUT2D eigenvalue weighted by Crippen LogP contribution is -1.82. The minimum absolute atomic E-state index is 0.597. The summed E-state index contributed by atoms with van der Waals surface area (Å²) in [6.45, 7) is 3.50. The van der Waals surface area contributed by atoms with Crippen molar-refractivity contribution in [2.75, 3.05) is 0 Å². The van der Waals surface area contributed by atoms with Crippen molar-refractivity contribution >= 4 is 44.1 Å². The van der Waals surface area contributed by atoms with E-state index in [0.29, 0.717) is 45.9 Å². The number of hydrogen-bond donors (Lipinski definition) is 2. The molecule has 9 rings (SSSR count). The number of hydrogen-bond acceptors (Lipinski definition) is 7. The maximum atomic E-state index is 6.50. The van der Waals surface area contributed by atoms with Gasteiger partial charge in [0.05, 0.1) is 0 Å². The van der Waals surface area contributed by atoms with E-state index in [1.807, 2.05) is 97.1 Å². The van der Waals surface area contributed by atoms with Crippen LogP contribution in [0.15, 0.2) is 97.1 Å². The van der Waals surface area contributed by atoms with Gasteiger partial charge < -0.3 is 9.97 Å². The lowest BCUT2D eigenvalue weighted by molar-refractivity contribution is 1.19. The summed E-state index contributed by atoms with van der Waals surface area (Å²) < 4.78 is 0. The first kappa shape index (κ1) is 23.6. The molecule has 8 bridgehead atoms. The van der Waals surface area contributed by atoms with Crippen LogP contribution in [0.5, 0.6) is 0 Å². The minimum Gasteiger partial charge on any atom is -0.324 e. The molecule has 0 unspecified atom stereocenters. The Morgan fingerprint density at radius 1 is 0.357 bits per heavy atom. The largest absolute Gasteiger partial charge is 0.324 e. The summed E-state index contributed by atoms with van der Waals surface area (Å²) in [7, 11) is 0. The van der Waals surface area contributed by atoms with E-state index in [9.17, 15) is 0 Å². The molecule has 42 heavy (non-hydrogen) atoms. The van der Waals surface area contributed by atoms with Gasteiger partial charge in [-0.15, -0.1) is 0 Å². The fraction of sp³-hybridized carbons (Fsp3) is 0. The second-order valence-corrected chi connectivity index (χ2v) is 9.79. The third kappa shape index (κ3) is 3.49. The molecule has 4 aromatic carbocycles. The van der Waals surface area contributed by atoms with Gasteiger partial charge in [-0.25, -0.2) is 35.2 Å². The number of H-pyrrole nitrogens is 2. The van der Waals surface area contributed by atoms with E-state index in [4.69, 9.17) is 35.2 Å². The Bertz CT molecular complexity index is 2080. The van der Waals surface area contributed by atoms with Crippen molar-refractivity contribution in [3.05, 3.63) is 97.1 Å². The zero-order chi connectivity index (χ0) is 28.2. The SMILES string of the molecule is C#N.c1ccc2c(c1)-c1nc-2nc2[nH]c(nc3nc(nc4[nH]c(n1)c1ccccc41)-c1ccccc1-3)c1ccccc21. The van der Waals surface area contributed by atoms with Gasteiger partial charge in [-0.2, -0.15) is 0 Å². The van der Waals surface area contributed by atoms with E-state index in [1.165, 1.54) is 0 Å². The van der Waals surface area contributed by atoms with Crippen molar-refractivity contribution in [1.82, 2.24) is 39.9 Å². The van der Waals surface area contributed by atoms with Gasteiger partial charge in [0.15, 0.2) is 23.3 Å². The lowest BCUT2D eigenvalue weighted by Gasteiger charge is -1.96. The summed E-state index contributed by atoms with van der Waals surface area (Å²) in [6, 6.07) is 32.2. The van der Waals surface area contributed by atoms with Gasteiger partial charge in [-0.1, -0.05) is 97.1 Å². The molecule has 7 aromatic rings. The summed E-state index contributed by atoms with van der Waals surface area (Å²) >= 11 is 0. The Balaban J connectivity index is 0.00000131. The van der Waals surface area contributed by atoms with Crippen molar-refractivity contribution < 1.29 is 0 Å². The molecule has 0 saturated carbocycles. The molecule has 0 spiro atoms. The average molecular weight is 542 g/mol. The van der Waals surface area contributed by atoms with Gasteiger partial charge in [0, 0.05) is 50.4 Å². The molecule has 9 heteroatoms. The van der Waals surface area contributed by atoms with Gasteiger partial charge >= 0.3 is 0 Å². The summed E-state index contributed by atoms with van der Waals surface area (Å²) in [5.41, 5.74) is 6.45. The predicted octanol–water partition coefficient (Wildman–Crippen LogP) is 7.01. The van der Waals surface area contributed by atoms with Crippen LogP contribution in [0.1, 0.15) is 0 Å². The van der Waals surface area contributed by atoms with Crippen molar-refractivity contribution in [1.29, 1.82) is 5.26 Å². The molecule has 0 saturated heterocycles. The molecule has 2 aliphatic rings. The molecule has 0 fully saturated rings. The Labute approximate surface area is 238 Å². The number of benzene rings is 4. The second kappa shape index (κ2) is 9.15. The molecule has 5 heterocycles. The molecular formula is C33H19N9. The van der Waals surface area contributed by atoms with Crippen LogP contribution in [0, 0.1) is 11.8 Å². The number of rotatable bonds is 0. The van der Waals surface area contributed by atoms with Gasteiger partial charge in [0.1, 0.15) is 22.6 Å². The summed E-state index contributed by atoms with van der Waals surface area (Å²) in [5, 5.41) is 10.3. The second-order valence-electron chi connectivity index (χ2n) is 9.79. The van der Waals surface area contributed by atoms with Crippen molar-refractivity contribution in [2.45, 2.75) is 0 Å². The van der Waals surface area contributed by atoms with E-state index >= 15 is 0 Å². The van der Waals surface area contributed by atoms with Crippen molar-refractivity contribution in [2.24, 2.45) is 0 Å². The van der Waals surface area contributed by atoms with Gasteiger partial charge in [-0.3, -0.25) is 0 Å². The zero-order valence-electron chi connectivity index (χ0n) is 21.9. The number of aromatic nitrogens is 8. The van der Waals surface area contributed by atoms with Crippen LogP contribution in [-0.2, 0) is 0 Å². The molecule has 2 aliphatic heterocycles. The van der Waals surface area contributed by atoms with Crippen LogP contribution >= 0.6 is 0 Å². The first-order chi connectivity index (χ1) is 20.8. The highest BCUT2D eigenvalue weighted by atomic mass is 15.1. The fourth-order valence-electron chi connectivity index (χ4n) is 5.59. The number of nitrogens with one attached hydrogen (secondary N) is 2. The zero-order valence-corrected chi connectivity index (χ0v) is 21.9. The first-order valence-electron chi connectivity index (χ1n) is 13.3. The molecule has 0 radical (unpaired) electrons. The van der Waals surface area contributed by atoms with Crippen LogP contribution in [0.2, 0.25) is 0 Å². The Morgan fingerprint density at radius 3 is 0.857 bits per heavy atom.